The van der Waals surface area contributed by atoms with Crippen LogP contribution in [0.25, 0.3) is 0 Å². The summed E-state index contributed by atoms with van der Waals surface area (Å²) in [6, 6.07) is 9.51. The summed E-state index contributed by atoms with van der Waals surface area (Å²) in [5.74, 6) is -2.25. The number of carbonyl (C=O) groups excluding carboxylic acids is 2. The van der Waals surface area contributed by atoms with Crippen LogP contribution in [0.4, 0.5) is 4.39 Å². The highest BCUT2D eigenvalue weighted by atomic mass is 35.5. The molecule has 0 saturated carbocycles. The van der Waals surface area contributed by atoms with E-state index in [9.17, 15) is 14.0 Å². The van der Waals surface area contributed by atoms with Crippen molar-refractivity contribution >= 4 is 23.5 Å². The number of rotatable bonds is 5. The standard InChI is InChI=1S/C19H19ClFNO3/c1-11-7-8-14(9-12(11)2)13(3)22-17(23)10-25-19(24)18-15(20)5-4-6-16(18)21/h4-9,13H,10H2,1-3H3,(H,22,23)/t13-/m1/s1. The first-order chi connectivity index (χ1) is 11.8. The lowest BCUT2D eigenvalue weighted by molar-refractivity contribution is -0.124. The molecule has 0 aromatic heterocycles. The molecule has 0 aliphatic rings. The van der Waals surface area contributed by atoms with Gasteiger partial charge in [0.1, 0.15) is 11.4 Å². The molecule has 1 atom stereocenters. The molecule has 0 aliphatic heterocycles. The van der Waals surface area contributed by atoms with Gasteiger partial charge in [-0.25, -0.2) is 9.18 Å². The van der Waals surface area contributed by atoms with E-state index in [1.54, 1.807) is 0 Å². The van der Waals surface area contributed by atoms with Crippen LogP contribution < -0.4 is 5.32 Å². The molecule has 0 bridgehead atoms. The Morgan fingerprint density at radius 1 is 1.20 bits per heavy atom. The molecular weight excluding hydrogens is 345 g/mol. The SMILES string of the molecule is Cc1ccc([C@@H](C)NC(=O)COC(=O)c2c(F)cccc2Cl)cc1C. The van der Waals surface area contributed by atoms with Gasteiger partial charge >= 0.3 is 5.97 Å². The number of nitrogens with one attached hydrogen (secondary N) is 1. The Hall–Kier alpha value is -2.40. The third-order valence-electron chi connectivity index (χ3n) is 3.91. The van der Waals surface area contributed by atoms with Gasteiger partial charge < -0.3 is 10.1 Å². The Morgan fingerprint density at radius 3 is 2.56 bits per heavy atom. The largest absolute Gasteiger partial charge is 0.452 e. The lowest BCUT2D eigenvalue weighted by Gasteiger charge is -2.16. The van der Waals surface area contributed by atoms with Crippen molar-refractivity contribution in [2.45, 2.75) is 26.8 Å². The zero-order chi connectivity index (χ0) is 18.6. The molecule has 2 aromatic carbocycles. The summed E-state index contributed by atoms with van der Waals surface area (Å²) < 4.78 is 18.5. The predicted molar refractivity (Wildman–Crippen MR) is 94.2 cm³/mol. The Labute approximate surface area is 150 Å². The van der Waals surface area contributed by atoms with E-state index in [-0.39, 0.29) is 16.6 Å². The number of ether oxygens (including phenoxy) is 1. The number of benzene rings is 2. The Balaban J connectivity index is 1.94. The van der Waals surface area contributed by atoms with E-state index in [2.05, 4.69) is 5.32 Å². The number of esters is 1. The van der Waals surface area contributed by atoms with E-state index in [0.29, 0.717) is 0 Å². The van der Waals surface area contributed by atoms with Crippen LogP contribution in [0.5, 0.6) is 0 Å². The van der Waals surface area contributed by atoms with Gasteiger partial charge in [0.25, 0.3) is 5.91 Å². The highest BCUT2D eigenvalue weighted by molar-refractivity contribution is 6.33. The summed E-state index contributed by atoms with van der Waals surface area (Å²) in [4.78, 5) is 23.9. The van der Waals surface area contributed by atoms with Crippen molar-refractivity contribution in [1.29, 1.82) is 0 Å². The first-order valence-electron chi connectivity index (χ1n) is 7.77. The van der Waals surface area contributed by atoms with Crippen molar-refractivity contribution < 1.29 is 18.7 Å². The maximum absolute atomic E-state index is 13.6. The summed E-state index contributed by atoms with van der Waals surface area (Å²) in [6.45, 7) is 5.32. The van der Waals surface area contributed by atoms with Crippen LogP contribution in [0, 0.1) is 19.7 Å². The summed E-state index contributed by atoms with van der Waals surface area (Å²) in [5, 5.41) is 2.67. The highest BCUT2D eigenvalue weighted by Crippen LogP contribution is 2.20. The second-order valence-electron chi connectivity index (χ2n) is 5.81. The molecule has 6 heteroatoms. The summed E-state index contributed by atoms with van der Waals surface area (Å²) in [7, 11) is 0. The molecule has 0 radical (unpaired) electrons. The Bertz CT molecular complexity index is 787. The zero-order valence-corrected chi connectivity index (χ0v) is 15.0. The second-order valence-corrected chi connectivity index (χ2v) is 6.21. The quantitative estimate of drug-likeness (QED) is 0.812. The van der Waals surface area contributed by atoms with Gasteiger partial charge in [0, 0.05) is 0 Å². The van der Waals surface area contributed by atoms with E-state index in [1.807, 2.05) is 39.0 Å². The minimum absolute atomic E-state index is 0.0612. The van der Waals surface area contributed by atoms with Crippen LogP contribution in [0.3, 0.4) is 0 Å². The Kier molecular flexibility index (Phi) is 6.15. The predicted octanol–water partition coefficient (Wildman–Crippen LogP) is 4.13. The van der Waals surface area contributed by atoms with Crippen LogP contribution >= 0.6 is 11.6 Å². The number of hydrogen-bond donors (Lipinski definition) is 1. The maximum atomic E-state index is 13.6. The summed E-state index contributed by atoms with van der Waals surface area (Å²) in [5.41, 5.74) is 2.86. The van der Waals surface area contributed by atoms with E-state index in [0.717, 1.165) is 22.8 Å². The van der Waals surface area contributed by atoms with Gasteiger partial charge in [-0.3, -0.25) is 4.79 Å². The molecule has 0 saturated heterocycles. The van der Waals surface area contributed by atoms with Crippen LogP contribution in [0.1, 0.15) is 40.0 Å². The van der Waals surface area contributed by atoms with Crippen molar-refractivity contribution in [3.05, 3.63) is 69.5 Å². The highest BCUT2D eigenvalue weighted by Gasteiger charge is 2.19. The molecule has 2 aromatic rings. The van der Waals surface area contributed by atoms with Crippen molar-refractivity contribution in [3.63, 3.8) is 0 Å². The zero-order valence-electron chi connectivity index (χ0n) is 14.2. The van der Waals surface area contributed by atoms with Gasteiger partial charge in [-0.15, -0.1) is 0 Å². The van der Waals surface area contributed by atoms with Crippen LogP contribution in [-0.2, 0) is 9.53 Å². The molecule has 2 rings (SSSR count). The fraction of sp³-hybridized carbons (Fsp3) is 0.263. The molecule has 4 nitrogen and oxygen atoms in total. The molecule has 1 amide bonds. The Morgan fingerprint density at radius 2 is 1.92 bits per heavy atom. The first-order valence-corrected chi connectivity index (χ1v) is 8.15. The average molecular weight is 364 g/mol. The van der Waals surface area contributed by atoms with Gasteiger partial charge in [0.15, 0.2) is 6.61 Å². The second kappa shape index (κ2) is 8.12. The number of amides is 1. The van der Waals surface area contributed by atoms with Crippen molar-refractivity contribution in [1.82, 2.24) is 5.32 Å². The molecule has 132 valence electrons. The molecule has 0 aliphatic carbocycles. The topological polar surface area (TPSA) is 55.4 Å². The average Bonchev–Trinajstić information content (AvgIpc) is 2.55. The van der Waals surface area contributed by atoms with Crippen LogP contribution in [-0.4, -0.2) is 18.5 Å². The number of hydrogen-bond acceptors (Lipinski definition) is 3. The van der Waals surface area contributed by atoms with Crippen LogP contribution in [0.2, 0.25) is 5.02 Å². The van der Waals surface area contributed by atoms with Gasteiger partial charge in [0.05, 0.1) is 11.1 Å². The van der Waals surface area contributed by atoms with E-state index in [4.69, 9.17) is 16.3 Å². The molecule has 25 heavy (non-hydrogen) atoms. The van der Waals surface area contributed by atoms with Crippen molar-refractivity contribution in [2.75, 3.05) is 6.61 Å². The fourth-order valence-electron chi connectivity index (χ4n) is 2.30. The van der Waals surface area contributed by atoms with Crippen LogP contribution in [0.15, 0.2) is 36.4 Å². The first kappa shape index (κ1) is 18.9. The van der Waals surface area contributed by atoms with Crippen molar-refractivity contribution in [2.24, 2.45) is 0 Å². The van der Waals surface area contributed by atoms with E-state index < -0.39 is 24.3 Å². The normalized spacial score (nSPS) is 11.7. The lowest BCUT2D eigenvalue weighted by atomic mass is 10.0. The van der Waals surface area contributed by atoms with Gasteiger partial charge in [-0.1, -0.05) is 35.9 Å². The van der Waals surface area contributed by atoms with Gasteiger partial charge in [-0.2, -0.15) is 0 Å². The lowest BCUT2D eigenvalue weighted by Crippen LogP contribution is -2.31. The molecule has 0 fully saturated rings. The van der Waals surface area contributed by atoms with Gasteiger partial charge in [-0.05, 0) is 49.6 Å². The van der Waals surface area contributed by atoms with E-state index >= 15 is 0 Å². The number of carbonyl (C=O) groups is 2. The monoisotopic (exact) mass is 363 g/mol. The third-order valence-corrected chi connectivity index (χ3v) is 4.22. The number of halogens is 2. The van der Waals surface area contributed by atoms with Gasteiger partial charge in [0.2, 0.25) is 0 Å². The van der Waals surface area contributed by atoms with E-state index in [1.165, 1.54) is 12.1 Å². The maximum Gasteiger partial charge on any atom is 0.343 e. The number of aryl methyl sites for hydroxylation is 2. The molecular formula is C19H19ClFNO3. The summed E-state index contributed by atoms with van der Waals surface area (Å²) in [6.07, 6.45) is 0. The molecule has 0 spiro atoms. The fourth-order valence-corrected chi connectivity index (χ4v) is 2.54. The van der Waals surface area contributed by atoms with Crippen molar-refractivity contribution in [3.8, 4) is 0 Å². The summed E-state index contributed by atoms with van der Waals surface area (Å²) >= 11 is 5.79. The molecule has 0 heterocycles. The molecule has 0 unspecified atom stereocenters. The molecule has 1 N–H and O–H groups in total. The smallest absolute Gasteiger partial charge is 0.343 e. The minimum atomic E-state index is -0.975. The third kappa shape index (κ3) is 4.79. The minimum Gasteiger partial charge on any atom is -0.452 e.